The highest BCUT2D eigenvalue weighted by Crippen LogP contribution is 2.35. The molecule has 24 heavy (non-hydrogen) atoms. The molecule has 0 atom stereocenters. The Balaban J connectivity index is 1.71. The number of carbonyl (C=O) groups excluding carboxylic acids is 1. The van der Waals surface area contributed by atoms with Gasteiger partial charge in [0.15, 0.2) is 10.9 Å². The lowest BCUT2D eigenvalue weighted by Gasteiger charge is -2.10. The largest absolute Gasteiger partial charge is 0.506 e. The summed E-state index contributed by atoms with van der Waals surface area (Å²) in [5, 5.41) is 16.1. The molecule has 0 aliphatic carbocycles. The quantitative estimate of drug-likeness (QED) is 0.371. The zero-order valence-corrected chi connectivity index (χ0v) is 16.0. The number of thiocarbonyl (C=S) groups is 1. The molecule has 0 saturated carbocycles. The maximum Gasteiger partial charge on any atom is 0.293 e. The highest BCUT2D eigenvalue weighted by Gasteiger charge is 2.14. The molecule has 122 valence electrons. The van der Waals surface area contributed by atoms with Crippen LogP contribution in [-0.4, -0.2) is 16.1 Å². The van der Waals surface area contributed by atoms with E-state index in [0.717, 1.165) is 5.39 Å². The molecule has 0 unspecified atom stereocenters. The fraction of sp³-hybridized carbons (Fsp3) is 0. The van der Waals surface area contributed by atoms with Crippen LogP contribution >= 0.6 is 44.1 Å². The predicted octanol–water partition coefficient (Wildman–Crippen LogP) is 4.79. The van der Waals surface area contributed by atoms with E-state index in [1.165, 1.54) is 0 Å². The van der Waals surface area contributed by atoms with E-state index in [0.29, 0.717) is 20.2 Å². The van der Waals surface area contributed by atoms with Crippen LogP contribution in [0.25, 0.3) is 11.0 Å². The first-order chi connectivity index (χ1) is 11.4. The molecule has 3 aromatic rings. The first kappa shape index (κ1) is 16.9. The molecule has 0 aliphatic heterocycles. The first-order valence-electron chi connectivity index (χ1n) is 6.73. The molecule has 1 amide bonds. The smallest absolute Gasteiger partial charge is 0.293 e. The summed E-state index contributed by atoms with van der Waals surface area (Å²) in [5.74, 6) is -0.188. The average Bonchev–Trinajstić information content (AvgIpc) is 2.96. The van der Waals surface area contributed by atoms with Crippen LogP contribution in [0, 0.1) is 0 Å². The van der Waals surface area contributed by atoms with Crippen LogP contribution in [0.15, 0.2) is 55.8 Å². The molecule has 0 aliphatic rings. The van der Waals surface area contributed by atoms with E-state index in [9.17, 15) is 9.90 Å². The van der Waals surface area contributed by atoms with Crippen molar-refractivity contribution in [1.82, 2.24) is 5.32 Å². The minimum atomic E-state index is -0.444. The van der Waals surface area contributed by atoms with Gasteiger partial charge in [-0.05, 0) is 68.3 Å². The Bertz CT molecular complexity index is 899. The number of amides is 1. The number of benzene rings is 2. The van der Waals surface area contributed by atoms with Crippen LogP contribution in [-0.2, 0) is 0 Å². The van der Waals surface area contributed by atoms with Crippen molar-refractivity contribution < 1.29 is 14.3 Å². The Labute approximate surface area is 159 Å². The van der Waals surface area contributed by atoms with Gasteiger partial charge in [0, 0.05) is 11.1 Å². The van der Waals surface area contributed by atoms with Gasteiger partial charge < -0.3 is 14.8 Å². The van der Waals surface area contributed by atoms with E-state index in [-0.39, 0.29) is 16.6 Å². The SMILES string of the molecule is O=C(NC(=S)Nc1cc(Br)c(O)c(Br)c1)c1cc2ccccc2o1. The van der Waals surface area contributed by atoms with E-state index in [2.05, 4.69) is 42.5 Å². The third kappa shape index (κ3) is 3.61. The maximum atomic E-state index is 12.2. The summed E-state index contributed by atoms with van der Waals surface area (Å²) >= 11 is 11.6. The molecule has 0 spiro atoms. The van der Waals surface area contributed by atoms with Crippen LogP contribution in [0.5, 0.6) is 5.75 Å². The standard InChI is InChI=1S/C16H10Br2N2O3S/c17-10-6-9(7-11(18)14(10)21)19-16(24)20-15(22)13-5-8-3-1-2-4-12(8)23-13/h1-7,21H,(H2,19,20,22,24). The number of aromatic hydroxyl groups is 1. The number of phenols is 1. The summed E-state index contributed by atoms with van der Waals surface area (Å²) in [4.78, 5) is 12.2. The molecular weight excluding hydrogens is 460 g/mol. The van der Waals surface area contributed by atoms with Crippen LogP contribution in [0.3, 0.4) is 0 Å². The number of fused-ring (bicyclic) bond motifs is 1. The van der Waals surface area contributed by atoms with Crippen molar-refractivity contribution in [3.8, 4) is 5.75 Å². The third-order valence-electron chi connectivity index (χ3n) is 3.15. The van der Waals surface area contributed by atoms with Gasteiger partial charge in [-0.15, -0.1) is 0 Å². The number of nitrogens with one attached hydrogen (secondary N) is 2. The molecule has 0 radical (unpaired) electrons. The van der Waals surface area contributed by atoms with Gasteiger partial charge in [0.25, 0.3) is 5.91 Å². The molecule has 0 bridgehead atoms. The van der Waals surface area contributed by atoms with Crippen molar-refractivity contribution in [1.29, 1.82) is 0 Å². The highest BCUT2D eigenvalue weighted by molar-refractivity contribution is 9.11. The molecular formula is C16H10Br2N2O3S. The van der Waals surface area contributed by atoms with Crippen molar-refractivity contribution in [3.63, 3.8) is 0 Å². The van der Waals surface area contributed by atoms with E-state index < -0.39 is 5.91 Å². The number of rotatable bonds is 2. The third-order valence-corrected chi connectivity index (χ3v) is 4.56. The summed E-state index contributed by atoms with van der Waals surface area (Å²) in [6.45, 7) is 0. The molecule has 1 aromatic heterocycles. The Kier molecular flexibility index (Phi) is 4.88. The van der Waals surface area contributed by atoms with Gasteiger partial charge in [0.05, 0.1) is 8.95 Å². The lowest BCUT2D eigenvalue weighted by atomic mass is 10.2. The second kappa shape index (κ2) is 6.92. The molecule has 1 heterocycles. The van der Waals surface area contributed by atoms with E-state index in [1.54, 1.807) is 24.3 Å². The molecule has 8 heteroatoms. The minimum absolute atomic E-state index is 0.0813. The molecule has 0 fully saturated rings. The van der Waals surface area contributed by atoms with Crippen LogP contribution in [0.4, 0.5) is 5.69 Å². The lowest BCUT2D eigenvalue weighted by molar-refractivity contribution is 0.0953. The van der Waals surface area contributed by atoms with Crippen molar-refractivity contribution in [3.05, 3.63) is 57.2 Å². The van der Waals surface area contributed by atoms with Crippen LogP contribution in [0.2, 0.25) is 0 Å². The normalized spacial score (nSPS) is 10.6. The number of phenolic OH excluding ortho intramolecular Hbond substituents is 1. The number of halogens is 2. The van der Waals surface area contributed by atoms with Gasteiger partial charge in [-0.1, -0.05) is 18.2 Å². The molecule has 0 saturated heterocycles. The van der Waals surface area contributed by atoms with Gasteiger partial charge in [-0.3, -0.25) is 10.1 Å². The van der Waals surface area contributed by atoms with Gasteiger partial charge in [-0.2, -0.15) is 0 Å². The Morgan fingerprint density at radius 2 is 1.79 bits per heavy atom. The number of carbonyl (C=O) groups is 1. The van der Waals surface area contributed by atoms with Gasteiger partial charge >= 0.3 is 0 Å². The van der Waals surface area contributed by atoms with Gasteiger partial charge in [0.2, 0.25) is 0 Å². The fourth-order valence-corrected chi connectivity index (χ4v) is 3.46. The predicted molar refractivity (Wildman–Crippen MR) is 103 cm³/mol. The zero-order valence-electron chi connectivity index (χ0n) is 12.0. The maximum absolute atomic E-state index is 12.2. The Hall–Kier alpha value is -1.90. The summed E-state index contributed by atoms with van der Waals surface area (Å²) < 4.78 is 6.47. The zero-order chi connectivity index (χ0) is 17.3. The topological polar surface area (TPSA) is 74.5 Å². The highest BCUT2D eigenvalue weighted by atomic mass is 79.9. The lowest BCUT2D eigenvalue weighted by Crippen LogP contribution is -2.33. The number of hydrogen-bond acceptors (Lipinski definition) is 4. The second-order valence-corrected chi connectivity index (χ2v) is 6.96. The van der Waals surface area contributed by atoms with Gasteiger partial charge in [0.1, 0.15) is 11.3 Å². The fourth-order valence-electron chi connectivity index (χ4n) is 2.06. The number of anilines is 1. The molecule has 5 nitrogen and oxygen atoms in total. The number of hydrogen-bond donors (Lipinski definition) is 3. The van der Waals surface area contributed by atoms with Crippen LogP contribution in [0.1, 0.15) is 10.6 Å². The Morgan fingerprint density at radius 1 is 1.12 bits per heavy atom. The van der Waals surface area contributed by atoms with Gasteiger partial charge in [-0.25, -0.2) is 0 Å². The Morgan fingerprint density at radius 3 is 2.46 bits per heavy atom. The first-order valence-corrected chi connectivity index (χ1v) is 8.72. The van der Waals surface area contributed by atoms with Crippen molar-refractivity contribution in [2.45, 2.75) is 0 Å². The number of furan rings is 1. The minimum Gasteiger partial charge on any atom is -0.506 e. The summed E-state index contributed by atoms with van der Waals surface area (Å²) in [6, 6.07) is 12.3. The molecule has 3 N–H and O–H groups in total. The van der Waals surface area contributed by atoms with E-state index >= 15 is 0 Å². The van der Waals surface area contributed by atoms with Crippen LogP contribution < -0.4 is 10.6 Å². The summed E-state index contributed by atoms with van der Waals surface area (Å²) in [7, 11) is 0. The average molecular weight is 470 g/mol. The monoisotopic (exact) mass is 468 g/mol. The van der Waals surface area contributed by atoms with Crippen molar-refractivity contribution in [2.75, 3.05) is 5.32 Å². The van der Waals surface area contributed by atoms with Crippen molar-refractivity contribution in [2.24, 2.45) is 0 Å². The van der Waals surface area contributed by atoms with Crippen molar-refractivity contribution >= 4 is 71.8 Å². The summed E-state index contributed by atoms with van der Waals surface area (Å²) in [5.41, 5.74) is 1.23. The second-order valence-electron chi connectivity index (χ2n) is 4.85. The van der Waals surface area contributed by atoms with E-state index in [1.807, 2.05) is 18.2 Å². The molecule has 3 rings (SSSR count). The summed E-state index contributed by atoms with van der Waals surface area (Å²) in [6.07, 6.45) is 0. The molecule has 2 aromatic carbocycles. The number of para-hydroxylation sites is 1. The van der Waals surface area contributed by atoms with E-state index in [4.69, 9.17) is 16.6 Å².